The fraction of sp³-hybridized carbons (Fsp3) is 0.455. The lowest BCUT2D eigenvalue weighted by Crippen LogP contribution is -2.13. The third-order valence-electron chi connectivity index (χ3n) is 2.48. The zero-order valence-electron chi connectivity index (χ0n) is 9.18. The summed E-state index contributed by atoms with van der Waals surface area (Å²) < 4.78 is 1.10. The molecule has 86 valence electrons. The molecule has 0 saturated carbocycles. The van der Waals surface area contributed by atoms with Crippen molar-refractivity contribution in [3.63, 3.8) is 0 Å². The lowest BCUT2D eigenvalue weighted by molar-refractivity contribution is 0.266. The van der Waals surface area contributed by atoms with Gasteiger partial charge in [-0.25, -0.2) is 9.97 Å². The van der Waals surface area contributed by atoms with Gasteiger partial charge in [0.05, 0.1) is 10.2 Å². The number of nitrogens with zero attached hydrogens (tertiary/aromatic N) is 2. The van der Waals surface area contributed by atoms with E-state index < -0.39 is 0 Å². The number of anilines is 1. The first kappa shape index (κ1) is 11.3. The molecule has 0 aromatic carbocycles. The molecule has 1 unspecified atom stereocenters. The highest BCUT2D eigenvalue weighted by atomic mass is 32.1. The van der Waals surface area contributed by atoms with Gasteiger partial charge in [-0.3, -0.25) is 0 Å². The number of thiophene rings is 1. The van der Waals surface area contributed by atoms with E-state index >= 15 is 0 Å². The number of aromatic nitrogens is 2. The normalized spacial score (nSPS) is 12.9. The van der Waals surface area contributed by atoms with Crippen LogP contribution in [0.5, 0.6) is 0 Å². The van der Waals surface area contributed by atoms with Gasteiger partial charge in [0.2, 0.25) is 0 Å². The summed E-state index contributed by atoms with van der Waals surface area (Å²) in [6, 6.07) is 1.99. The van der Waals surface area contributed by atoms with E-state index in [1.54, 1.807) is 17.7 Å². The molecule has 0 spiro atoms. The molecule has 16 heavy (non-hydrogen) atoms. The molecule has 0 radical (unpaired) electrons. The minimum atomic E-state index is 0.237. The molecule has 0 amide bonds. The second kappa shape index (κ2) is 5.23. The standard InChI is InChI=1S/C11H15N3OS/c1-8(2-4-15)6-12-11-10-9(3-5-16-10)13-7-14-11/h3,5,7-8,15H,2,4,6H2,1H3,(H,12,13,14). The van der Waals surface area contributed by atoms with Crippen LogP contribution in [-0.4, -0.2) is 28.2 Å². The Morgan fingerprint density at radius 2 is 2.38 bits per heavy atom. The minimum absolute atomic E-state index is 0.237. The number of hydrogen-bond acceptors (Lipinski definition) is 5. The molecule has 2 N–H and O–H groups in total. The van der Waals surface area contributed by atoms with Crippen LogP contribution in [-0.2, 0) is 0 Å². The second-order valence-corrected chi connectivity index (χ2v) is 4.77. The van der Waals surface area contributed by atoms with Crippen LogP contribution >= 0.6 is 11.3 Å². The Hall–Kier alpha value is -1.20. The van der Waals surface area contributed by atoms with Gasteiger partial charge in [-0.1, -0.05) is 6.92 Å². The molecule has 2 aromatic heterocycles. The molecule has 2 heterocycles. The smallest absolute Gasteiger partial charge is 0.147 e. The second-order valence-electron chi connectivity index (χ2n) is 3.86. The van der Waals surface area contributed by atoms with Gasteiger partial charge in [-0.2, -0.15) is 0 Å². The van der Waals surface area contributed by atoms with Crippen LogP contribution in [0.25, 0.3) is 10.2 Å². The fourth-order valence-corrected chi connectivity index (χ4v) is 2.32. The summed E-state index contributed by atoms with van der Waals surface area (Å²) in [7, 11) is 0. The average Bonchev–Trinajstić information content (AvgIpc) is 2.75. The maximum absolute atomic E-state index is 8.82. The largest absolute Gasteiger partial charge is 0.396 e. The van der Waals surface area contributed by atoms with Gasteiger partial charge in [-0.15, -0.1) is 11.3 Å². The number of hydrogen-bond donors (Lipinski definition) is 2. The monoisotopic (exact) mass is 237 g/mol. The van der Waals surface area contributed by atoms with Crippen LogP contribution in [0.3, 0.4) is 0 Å². The number of fused-ring (bicyclic) bond motifs is 1. The molecular weight excluding hydrogens is 222 g/mol. The highest BCUT2D eigenvalue weighted by Gasteiger charge is 2.06. The number of nitrogens with one attached hydrogen (secondary N) is 1. The molecular formula is C11H15N3OS. The van der Waals surface area contributed by atoms with Crippen LogP contribution in [0.4, 0.5) is 5.82 Å². The predicted molar refractivity (Wildman–Crippen MR) is 66.8 cm³/mol. The zero-order valence-corrected chi connectivity index (χ0v) is 10.00. The third-order valence-corrected chi connectivity index (χ3v) is 3.39. The maximum atomic E-state index is 8.82. The molecule has 2 rings (SSSR count). The SMILES string of the molecule is CC(CCO)CNc1ncnc2ccsc12. The molecule has 0 aliphatic heterocycles. The van der Waals surface area contributed by atoms with Crippen molar-refractivity contribution >= 4 is 27.4 Å². The van der Waals surface area contributed by atoms with Crippen molar-refractivity contribution < 1.29 is 5.11 Å². The number of aliphatic hydroxyl groups excluding tert-OH is 1. The molecule has 0 aliphatic carbocycles. The first-order chi connectivity index (χ1) is 7.81. The summed E-state index contributed by atoms with van der Waals surface area (Å²) in [4.78, 5) is 8.42. The van der Waals surface area contributed by atoms with Crippen LogP contribution in [0.15, 0.2) is 17.8 Å². The van der Waals surface area contributed by atoms with Crippen molar-refractivity contribution in [2.24, 2.45) is 5.92 Å². The first-order valence-corrected chi connectivity index (χ1v) is 6.22. The maximum Gasteiger partial charge on any atom is 0.147 e. The molecule has 0 aliphatic rings. The summed E-state index contributed by atoms with van der Waals surface area (Å²) in [5, 5.41) is 14.1. The van der Waals surface area contributed by atoms with E-state index in [1.165, 1.54) is 0 Å². The van der Waals surface area contributed by atoms with Crippen molar-refractivity contribution in [2.75, 3.05) is 18.5 Å². The number of aliphatic hydroxyl groups is 1. The van der Waals surface area contributed by atoms with E-state index in [-0.39, 0.29) is 6.61 Å². The van der Waals surface area contributed by atoms with Gasteiger partial charge in [0.1, 0.15) is 12.1 Å². The topological polar surface area (TPSA) is 58.0 Å². The fourth-order valence-electron chi connectivity index (χ4n) is 1.51. The Morgan fingerprint density at radius 1 is 1.50 bits per heavy atom. The third kappa shape index (κ3) is 2.48. The molecule has 2 aromatic rings. The van der Waals surface area contributed by atoms with E-state index in [1.807, 2.05) is 11.4 Å². The molecule has 1 atom stereocenters. The van der Waals surface area contributed by atoms with Crippen molar-refractivity contribution in [3.05, 3.63) is 17.8 Å². The van der Waals surface area contributed by atoms with Crippen molar-refractivity contribution in [2.45, 2.75) is 13.3 Å². The van der Waals surface area contributed by atoms with Crippen molar-refractivity contribution in [3.8, 4) is 0 Å². The Labute approximate surface area is 98.4 Å². The molecule has 4 nitrogen and oxygen atoms in total. The predicted octanol–water partition coefficient (Wildman–Crippen LogP) is 2.12. The van der Waals surface area contributed by atoms with Crippen molar-refractivity contribution in [1.29, 1.82) is 0 Å². The zero-order chi connectivity index (χ0) is 11.4. The molecule has 0 fully saturated rings. The van der Waals surface area contributed by atoms with E-state index in [4.69, 9.17) is 5.11 Å². The summed E-state index contributed by atoms with van der Waals surface area (Å²) in [6.07, 6.45) is 2.39. The Bertz CT molecular complexity index is 457. The summed E-state index contributed by atoms with van der Waals surface area (Å²) in [6.45, 7) is 3.17. The van der Waals surface area contributed by atoms with Gasteiger partial charge < -0.3 is 10.4 Å². The molecule has 0 bridgehead atoms. The number of rotatable bonds is 5. The lowest BCUT2D eigenvalue weighted by atomic mass is 10.1. The van der Waals surface area contributed by atoms with Gasteiger partial charge in [0.25, 0.3) is 0 Å². The molecule has 5 heteroatoms. The van der Waals surface area contributed by atoms with Crippen molar-refractivity contribution in [1.82, 2.24) is 9.97 Å². The Kier molecular flexibility index (Phi) is 3.69. The lowest BCUT2D eigenvalue weighted by Gasteiger charge is -2.11. The average molecular weight is 237 g/mol. The summed E-state index contributed by atoms with van der Waals surface area (Å²) >= 11 is 1.64. The van der Waals surface area contributed by atoms with Gasteiger partial charge in [-0.05, 0) is 23.8 Å². The first-order valence-electron chi connectivity index (χ1n) is 5.34. The quantitative estimate of drug-likeness (QED) is 0.836. The van der Waals surface area contributed by atoms with E-state index in [9.17, 15) is 0 Å². The summed E-state index contributed by atoms with van der Waals surface area (Å²) in [5.41, 5.74) is 0.984. The van der Waals surface area contributed by atoms with Gasteiger partial charge >= 0.3 is 0 Å². The van der Waals surface area contributed by atoms with E-state index in [2.05, 4.69) is 22.2 Å². The Balaban J connectivity index is 2.06. The van der Waals surface area contributed by atoms with Crippen LogP contribution in [0.1, 0.15) is 13.3 Å². The summed E-state index contributed by atoms with van der Waals surface area (Å²) in [5.74, 6) is 1.33. The van der Waals surface area contributed by atoms with Gasteiger partial charge in [0.15, 0.2) is 0 Å². The Morgan fingerprint density at radius 3 is 3.19 bits per heavy atom. The minimum Gasteiger partial charge on any atom is -0.396 e. The van der Waals surface area contributed by atoms with Crippen LogP contribution in [0, 0.1) is 5.92 Å². The molecule has 0 saturated heterocycles. The van der Waals surface area contributed by atoms with Gasteiger partial charge in [0, 0.05) is 13.2 Å². The van der Waals surface area contributed by atoms with Crippen LogP contribution in [0.2, 0.25) is 0 Å². The highest BCUT2D eigenvalue weighted by molar-refractivity contribution is 7.17. The van der Waals surface area contributed by atoms with E-state index in [0.29, 0.717) is 5.92 Å². The van der Waals surface area contributed by atoms with Crippen LogP contribution < -0.4 is 5.32 Å². The highest BCUT2D eigenvalue weighted by Crippen LogP contribution is 2.24. The van der Waals surface area contributed by atoms with E-state index in [0.717, 1.165) is 29.0 Å².